The molecular weight excluding hydrogens is 290 g/mol. The molecule has 0 bridgehead atoms. The summed E-state index contributed by atoms with van der Waals surface area (Å²) < 4.78 is 64.0. The molecule has 0 aliphatic rings. The van der Waals surface area contributed by atoms with Crippen LogP contribution >= 0.6 is 22.2 Å². The lowest BCUT2D eigenvalue weighted by atomic mass is 10.1. The molecule has 0 unspecified atom stereocenters. The van der Waals surface area contributed by atoms with E-state index in [1.165, 1.54) is 0 Å². The average Bonchev–Trinajstić information content (AvgIpc) is 2.23. The first kappa shape index (κ1) is 13.5. The van der Waals surface area contributed by atoms with E-state index in [0.29, 0.717) is 6.08 Å². The van der Waals surface area contributed by atoms with Crippen molar-refractivity contribution in [2.75, 3.05) is 0 Å². The van der Waals surface area contributed by atoms with Gasteiger partial charge in [0.1, 0.15) is 0 Å². The summed E-state index contributed by atoms with van der Waals surface area (Å²) >= 11 is 10.7. The van der Waals surface area contributed by atoms with Crippen LogP contribution in [0.3, 0.4) is 0 Å². The summed E-state index contributed by atoms with van der Waals surface area (Å²) in [5, 5.41) is 0. The van der Waals surface area contributed by atoms with Gasteiger partial charge in [-0.2, -0.15) is 0 Å². The predicted octanol–water partition coefficient (Wildman–Crippen LogP) is 3.63. The lowest BCUT2D eigenvalue weighted by Gasteiger charge is -2.04. The van der Waals surface area contributed by atoms with Crippen LogP contribution in [0.2, 0.25) is 0 Å². The second-order valence-electron chi connectivity index (χ2n) is 2.68. The Morgan fingerprint density at radius 2 is 1.12 bits per heavy atom. The molecule has 0 N–H and O–H groups in total. The molecule has 0 saturated carbocycles. The molecule has 1 aromatic rings. The highest BCUT2D eigenvalue weighted by Crippen LogP contribution is 2.24. The predicted molar refractivity (Wildman–Crippen MR) is 54.1 cm³/mol. The van der Waals surface area contributed by atoms with E-state index in [1.807, 2.05) is 0 Å². The third kappa shape index (κ3) is 2.56. The topological polar surface area (TPSA) is 0 Å². The van der Waals surface area contributed by atoms with Gasteiger partial charge in [0, 0.05) is 0 Å². The molecule has 0 aliphatic heterocycles. The minimum Gasteiger partial charge on any atom is -0.203 e. The summed E-state index contributed by atoms with van der Waals surface area (Å²) in [5.41, 5.74) is -0.0308. The van der Waals surface area contributed by atoms with Crippen molar-refractivity contribution < 1.29 is 22.0 Å². The fraction of sp³-hybridized carbons (Fsp3) is 0. The van der Waals surface area contributed by atoms with Gasteiger partial charge in [-0.3, -0.25) is 0 Å². The molecule has 0 fully saturated rings. The molecule has 0 radical (unpaired) electrons. The normalized spacial score (nSPS) is 11.8. The second kappa shape index (κ2) is 5.16. The lowest BCUT2D eigenvalue weighted by Crippen LogP contribution is -2.04. The van der Waals surface area contributed by atoms with Crippen LogP contribution in [0.4, 0.5) is 22.0 Å². The quantitative estimate of drug-likeness (QED) is 0.257. The molecule has 1 rings (SSSR count). The zero-order valence-corrected chi connectivity index (χ0v) is 10.0. The number of rotatable bonds is 2. The molecular formula is C8H3Cl2F5Si. The zero-order chi connectivity index (χ0) is 12.5. The summed E-state index contributed by atoms with van der Waals surface area (Å²) in [6, 6.07) is 0. The van der Waals surface area contributed by atoms with Gasteiger partial charge in [-0.1, -0.05) is 11.8 Å². The van der Waals surface area contributed by atoms with E-state index in [1.54, 1.807) is 0 Å². The van der Waals surface area contributed by atoms with Gasteiger partial charge in [0.25, 0.3) is 7.42 Å². The van der Waals surface area contributed by atoms with Crippen molar-refractivity contribution in [3.63, 3.8) is 0 Å². The van der Waals surface area contributed by atoms with Gasteiger partial charge >= 0.3 is 0 Å². The van der Waals surface area contributed by atoms with Crippen molar-refractivity contribution in [3.8, 4) is 0 Å². The Morgan fingerprint density at radius 3 is 1.50 bits per heavy atom. The van der Waals surface area contributed by atoms with Crippen LogP contribution in [0.25, 0.3) is 6.08 Å². The van der Waals surface area contributed by atoms with Crippen molar-refractivity contribution in [1.82, 2.24) is 0 Å². The Kier molecular flexibility index (Phi) is 4.34. The Hall–Kier alpha value is -0.593. The molecule has 0 heterocycles. The summed E-state index contributed by atoms with van der Waals surface area (Å²) in [5.74, 6) is -10.0. The molecule has 0 saturated heterocycles. The highest BCUT2D eigenvalue weighted by Gasteiger charge is 2.24. The number of hydrogen-bond acceptors (Lipinski definition) is 0. The summed E-state index contributed by atoms with van der Waals surface area (Å²) in [6.45, 7) is 0. The first-order chi connectivity index (χ1) is 7.36. The Balaban J connectivity index is 3.40. The van der Waals surface area contributed by atoms with Gasteiger partial charge in [-0.25, -0.2) is 22.0 Å². The first-order valence-electron chi connectivity index (χ1n) is 3.84. The number of halogens is 7. The van der Waals surface area contributed by atoms with E-state index in [4.69, 9.17) is 22.2 Å². The minimum absolute atomic E-state index is 0.688. The second-order valence-corrected chi connectivity index (χ2v) is 7.22. The fourth-order valence-electron chi connectivity index (χ4n) is 0.937. The van der Waals surface area contributed by atoms with Crippen LogP contribution in [0, 0.1) is 29.1 Å². The Labute approximate surface area is 98.3 Å². The van der Waals surface area contributed by atoms with E-state index < -0.39 is 42.1 Å². The molecule has 0 spiro atoms. The monoisotopic (exact) mass is 292 g/mol. The molecule has 0 nitrogen and oxygen atoms in total. The van der Waals surface area contributed by atoms with Crippen LogP contribution in [-0.2, 0) is 0 Å². The molecule has 88 valence electrons. The van der Waals surface area contributed by atoms with Gasteiger partial charge in [-0.05, 0) is 0 Å². The lowest BCUT2D eigenvalue weighted by molar-refractivity contribution is 0.377. The Bertz CT molecular complexity index is 418. The highest BCUT2D eigenvalue weighted by atomic mass is 35.7. The molecule has 1 aromatic carbocycles. The van der Waals surface area contributed by atoms with E-state index in [9.17, 15) is 22.0 Å². The van der Waals surface area contributed by atoms with Gasteiger partial charge in [0.05, 0.1) is 5.56 Å². The third-order valence-corrected chi connectivity index (χ3v) is 3.01. The maximum atomic E-state index is 13.0. The van der Waals surface area contributed by atoms with Crippen molar-refractivity contribution in [2.24, 2.45) is 0 Å². The van der Waals surface area contributed by atoms with Crippen LogP contribution in [-0.4, -0.2) is 7.42 Å². The number of benzene rings is 1. The number of hydrogen-bond donors (Lipinski definition) is 0. The van der Waals surface area contributed by atoms with Gasteiger partial charge in [0.2, 0.25) is 5.82 Å². The largest absolute Gasteiger partial charge is 0.259 e. The average molecular weight is 293 g/mol. The molecule has 0 atom stereocenters. The maximum Gasteiger partial charge on any atom is 0.259 e. The molecule has 8 heteroatoms. The van der Waals surface area contributed by atoms with Crippen LogP contribution in [0.1, 0.15) is 5.56 Å². The first-order valence-corrected chi connectivity index (χ1v) is 7.99. The van der Waals surface area contributed by atoms with E-state index >= 15 is 0 Å². The van der Waals surface area contributed by atoms with Crippen LogP contribution in [0.5, 0.6) is 0 Å². The third-order valence-electron chi connectivity index (χ3n) is 1.65. The van der Waals surface area contributed by atoms with Crippen LogP contribution in [0.15, 0.2) is 5.70 Å². The zero-order valence-electron chi connectivity index (χ0n) is 7.38. The summed E-state index contributed by atoms with van der Waals surface area (Å²) in [4.78, 5) is 0. The fourth-order valence-corrected chi connectivity index (χ4v) is 1.71. The SMILES string of the molecule is Fc1c(F)c(F)c(C=C[SiH](Cl)Cl)c(F)c1F. The van der Waals surface area contributed by atoms with E-state index in [-0.39, 0.29) is 0 Å². The molecule has 16 heavy (non-hydrogen) atoms. The summed E-state index contributed by atoms with van der Waals surface area (Å²) in [7, 11) is -2.33. The molecule has 0 aliphatic carbocycles. The Morgan fingerprint density at radius 1 is 0.750 bits per heavy atom. The van der Waals surface area contributed by atoms with Gasteiger partial charge in [0.15, 0.2) is 23.3 Å². The maximum absolute atomic E-state index is 13.0. The van der Waals surface area contributed by atoms with E-state index in [2.05, 4.69) is 0 Å². The minimum atomic E-state index is -2.33. The van der Waals surface area contributed by atoms with Crippen molar-refractivity contribution in [2.45, 2.75) is 0 Å². The van der Waals surface area contributed by atoms with Crippen molar-refractivity contribution in [1.29, 1.82) is 0 Å². The standard InChI is InChI=1S/C8H3Cl2F5Si/c9-16(10)2-1-3-4(11)6(13)8(15)7(14)5(3)12/h1-2,16H. The van der Waals surface area contributed by atoms with Gasteiger partial charge < -0.3 is 0 Å². The van der Waals surface area contributed by atoms with E-state index in [0.717, 1.165) is 5.70 Å². The molecule has 0 amide bonds. The van der Waals surface area contributed by atoms with Gasteiger partial charge in [-0.15, -0.1) is 22.2 Å². The smallest absolute Gasteiger partial charge is 0.203 e. The highest BCUT2D eigenvalue weighted by molar-refractivity contribution is 7.36. The van der Waals surface area contributed by atoms with Crippen LogP contribution < -0.4 is 0 Å². The van der Waals surface area contributed by atoms with Crippen molar-refractivity contribution >= 4 is 35.7 Å². The van der Waals surface area contributed by atoms with Crippen molar-refractivity contribution in [3.05, 3.63) is 40.3 Å². The summed E-state index contributed by atoms with van der Waals surface area (Å²) in [6.07, 6.45) is 0.688. The molecule has 0 aromatic heterocycles.